The first-order chi connectivity index (χ1) is 14.8. The van der Waals surface area contributed by atoms with Crippen molar-refractivity contribution in [2.45, 2.75) is 6.61 Å². The molecule has 162 valence electrons. The Morgan fingerprint density at radius 1 is 0.871 bits per heavy atom. The fourth-order valence-electron chi connectivity index (χ4n) is 3.52. The van der Waals surface area contributed by atoms with E-state index in [-0.39, 0.29) is 12.4 Å². The standard InChI is InChI=1S/C25H27N3O2.ClH/c1-29-25-13-6-5-12-24(25)27-14-16-28(17-15-27)26-19-22-10-7-11-23(18-22)30-20-21-8-3-2-4-9-21;/h2-13,18-19H,14-17,20H2,1H3;1H. The number of benzene rings is 3. The number of para-hydroxylation sites is 2. The third-order valence-corrected chi connectivity index (χ3v) is 5.16. The number of methoxy groups -OCH3 is 1. The van der Waals surface area contributed by atoms with Crippen molar-refractivity contribution in [1.82, 2.24) is 5.01 Å². The van der Waals surface area contributed by atoms with Crippen molar-refractivity contribution in [3.05, 3.63) is 90.0 Å². The Morgan fingerprint density at radius 3 is 2.39 bits per heavy atom. The van der Waals surface area contributed by atoms with E-state index in [1.54, 1.807) is 7.11 Å². The maximum Gasteiger partial charge on any atom is 0.142 e. The summed E-state index contributed by atoms with van der Waals surface area (Å²) in [5, 5.41) is 6.79. The minimum Gasteiger partial charge on any atom is -0.495 e. The maximum absolute atomic E-state index is 5.92. The van der Waals surface area contributed by atoms with Crippen LogP contribution in [0.25, 0.3) is 0 Å². The minimum atomic E-state index is 0. The molecule has 31 heavy (non-hydrogen) atoms. The van der Waals surface area contributed by atoms with Crippen LogP contribution in [0.15, 0.2) is 84.0 Å². The van der Waals surface area contributed by atoms with Gasteiger partial charge in [-0.25, -0.2) is 0 Å². The molecular formula is C25H28ClN3O2. The number of hydrogen-bond donors (Lipinski definition) is 0. The number of piperazine rings is 1. The SMILES string of the molecule is COc1ccccc1N1CCN(N=Cc2cccc(OCc3ccccc3)c2)CC1.Cl. The van der Waals surface area contributed by atoms with E-state index in [1.807, 2.05) is 60.8 Å². The number of hydrazone groups is 1. The van der Waals surface area contributed by atoms with Gasteiger partial charge in [0.05, 0.1) is 32.1 Å². The second-order valence-corrected chi connectivity index (χ2v) is 7.20. The molecule has 0 saturated carbocycles. The average molecular weight is 438 g/mol. The second kappa shape index (κ2) is 11.3. The molecule has 0 spiro atoms. The Hall–Kier alpha value is -3.18. The molecule has 0 N–H and O–H groups in total. The number of halogens is 1. The number of nitrogens with zero attached hydrogens (tertiary/aromatic N) is 3. The van der Waals surface area contributed by atoms with E-state index >= 15 is 0 Å². The third kappa shape index (κ3) is 6.15. The first-order valence-corrected chi connectivity index (χ1v) is 10.3. The molecule has 1 saturated heterocycles. The Labute approximate surface area is 190 Å². The van der Waals surface area contributed by atoms with Crippen molar-refractivity contribution >= 4 is 24.3 Å². The number of ether oxygens (including phenoxy) is 2. The maximum atomic E-state index is 5.92. The summed E-state index contributed by atoms with van der Waals surface area (Å²) in [6.45, 7) is 4.14. The number of rotatable bonds is 7. The molecule has 0 aliphatic carbocycles. The molecule has 3 aromatic rings. The highest BCUT2D eigenvalue weighted by Crippen LogP contribution is 2.28. The van der Waals surface area contributed by atoms with Crippen LogP contribution in [0.3, 0.4) is 0 Å². The molecule has 0 amide bonds. The molecule has 1 aliphatic heterocycles. The van der Waals surface area contributed by atoms with Gasteiger partial charge in [-0.05, 0) is 35.4 Å². The van der Waals surface area contributed by atoms with E-state index in [1.165, 1.54) is 0 Å². The molecule has 0 unspecified atom stereocenters. The van der Waals surface area contributed by atoms with Crippen molar-refractivity contribution < 1.29 is 9.47 Å². The molecular weight excluding hydrogens is 410 g/mol. The van der Waals surface area contributed by atoms with E-state index in [9.17, 15) is 0 Å². The van der Waals surface area contributed by atoms with Gasteiger partial charge < -0.3 is 14.4 Å². The lowest BCUT2D eigenvalue weighted by Gasteiger charge is -2.35. The van der Waals surface area contributed by atoms with Crippen LogP contribution in [0.1, 0.15) is 11.1 Å². The topological polar surface area (TPSA) is 37.3 Å². The Bertz CT molecular complexity index is 973. The minimum absolute atomic E-state index is 0. The molecule has 0 radical (unpaired) electrons. The van der Waals surface area contributed by atoms with Crippen LogP contribution in [0, 0.1) is 0 Å². The molecule has 6 heteroatoms. The van der Waals surface area contributed by atoms with Gasteiger partial charge in [-0.1, -0.05) is 54.6 Å². The molecule has 0 atom stereocenters. The van der Waals surface area contributed by atoms with E-state index in [0.717, 1.165) is 54.5 Å². The van der Waals surface area contributed by atoms with Crippen LogP contribution in [-0.4, -0.2) is 44.5 Å². The van der Waals surface area contributed by atoms with Gasteiger partial charge in [0.25, 0.3) is 0 Å². The predicted molar refractivity (Wildman–Crippen MR) is 129 cm³/mol. The van der Waals surface area contributed by atoms with Crippen LogP contribution in [0.5, 0.6) is 11.5 Å². The monoisotopic (exact) mass is 437 g/mol. The van der Waals surface area contributed by atoms with E-state index < -0.39 is 0 Å². The molecule has 4 rings (SSSR count). The summed E-state index contributed by atoms with van der Waals surface area (Å²) in [4.78, 5) is 2.35. The quantitative estimate of drug-likeness (QED) is 0.495. The van der Waals surface area contributed by atoms with Gasteiger partial charge in [0, 0.05) is 13.1 Å². The molecule has 1 heterocycles. The van der Waals surface area contributed by atoms with E-state index in [4.69, 9.17) is 9.47 Å². The molecule has 1 aliphatic rings. The van der Waals surface area contributed by atoms with Gasteiger partial charge >= 0.3 is 0 Å². The van der Waals surface area contributed by atoms with Crippen molar-refractivity contribution in [2.75, 3.05) is 38.2 Å². The van der Waals surface area contributed by atoms with Gasteiger partial charge in [0.15, 0.2) is 0 Å². The van der Waals surface area contributed by atoms with Gasteiger partial charge in [-0.3, -0.25) is 5.01 Å². The third-order valence-electron chi connectivity index (χ3n) is 5.16. The van der Waals surface area contributed by atoms with Crippen molar-refractivity contribution in [2.24, 2.45) is 5.10 Å². The molecule has 0 aromatic heterocycles. The zero-order valence-electron chi connectivity index (χ0n) is 17.7. The normalized spacial score (nSPS) is 13.7. The summed E-state index contributed by atoms with van der Waals surface area (Å²) in [7, 11) is 1.72. The Morgan fingerprint density at radius 2 is 1.61 bits per heavy atom. The highest BCUT2D eigenvalue weighted by molar-refractivity contribution is 5.85. The first kappa shape index (κ1) is 22.5. The largest absolute Gasteiger partial charge is 0.495 e. The smallest absolute Gasteiger partial charge is 0.142 e. The van der Waals surface area contributed by atoms with Gasteiger partial charge in [-0.15, -0.1) is 12.4 Å². The first-order valence-electron chi connectivity index (χ1n) is 10.3. The predicted octanol–water partition coefficient (Wildman–Crippen LogP) is 4.85. The molecule has 5 nitrogen and oxygen atoms in total. The summed E-state index contributed by atoms with van der Waals surface area (Å²) in [5.74, 6) is 1.77. The zero-order valence-corrected chi connectivity index (χ0v) is 18.5. The van der Waals surface area contributed by atoms with Crippen LogP contribution < -0.4 is 14.4 Å². The fraction of sp³-hybridized carbons (Fsp3) is 0.240. The number of hydrogen-bond acceptors (Lipinski definition) is 5. The van der Waals surface area contributed by atoms with Crippen molar-refractivity contribution in [1.29, 1.82) is 0 Å². The second-order valence-electron chi connectivity index (χ2n) is 7.20. The van der Waals surface area contributed by atoms with Gasteiger partial charge in [0.2, 0.25) is 0 Å². The van der Waals surface area contributed by atoms with Gasteiger partial charge in [-0.2, -0.15) is 5.10 Å². The highest BCUT2D eigenvalue weighted by Gasteiger charge is 2.18. The molecule has 1 fully saturated rings. The summed E-state index contributed by atoms with van der Waals surface area (Å²) in [5.41, 5.74) is 3.34. The van der Waals surface area contributed by atoms with Crippen LogP contribution >= 0.6 is 12.4 Å². The summed E-state index contributed by atoms with van der Waals surface area (Å²) in [6.07, 6.45) is 1.91. The molecule has 0 bridgehead atoms. The van der Waals surface area contributed by atoms with Crippen molar-refractivity contribution in [3.8, 4) is 11.5 Å². The molecule has 3 aromatic carbocycles. The van der Waals surface area contributed by atoms with Crippen LogP contribution in [0.2, 0.25) is 0 Å². The van der Waals surface area contributed by atoms with Crippen molar-refractivity contribution in [3.63, 3.8) is 0 Å². The van der Waals surface area contributed by atoms with E-state index in [2.05, 4.69) is 39.3 Å². The van der Waals surface area contributed by atoms with Crippen LogP contribution in [-0.2, 0) is 6.61 Å². The Balaban J connectivity index is 0.00000272. The Kier molecular flexibility index (Phi) is 8.19. The summed E-state index contributed by atoms with van der Waals surface area (Å²) in [6, 6.07) is 26.4. The highest BCUT2D eigenvalue weighted by atomic mass is 35.5. The fourth-order valence-corrected chi connectivity index (χ4v) is 3.52. The summed E-state index contributed by atoms with van der Waals surface area (Å²) < 4.78 is 11.4. The van der Waals surface area contributed by atoms with E-state index in [0.29, 0.717) is 6.61 Å². The zero-order chi connectivity index (χ0) is 20.6. The van der Waals surface area contributed by atoms with Crippen LogP contribution in [0.4, 0.5) is 5.69 Å². The number of anilines is 1. The summed E-state index contributed by atoms with van der Waals surface area (Å²) >= 11 is 0. The lowest BCUT2D eigenvalue weighted by atomic mass is 10.2. The average Bonchev–Trinajstić information content (AvgIpc) is 2.83. The lowest BCUT2D eigenvalue weighted by molar-refractivity contribution is 0.271. The lowest BCUT2D eigenvalue weighted by Crippen LogP contribution is -2.44. The van der Waals surface area contributed by atoms with Gasteiger partial charge in [0.1, 0.15) is 18.1 Å².